The molecule has 0 heterocycles. The molecule has 0 amide bonds. The summed E-state index contributed by atoms with van der Waals surface area (Å²) in [7, 11) is 1.84. The largest absolute Gasteiger partial charge is 0.314 e. The summed E-state index contributed by atoms with van der Waals surface area (Å²) in [5.74, 6) is 0.398. The molecule has 2 aromatic carbocycles. The van der Waals surface area contributed by atoms with Gasteiger partial charge in [-0.3, -0.25) is 0 Å². The highest BCUT2D eigenvalue weighted by molar-refractivity contribution is 5.76. The van der Waals surface area contributed by atoms with Gasteiger partial charge in [-0.25, -0.2) is 0 Å². The van der Waals surface area contributed by atoms with Crippen LogP contribution < -0.4 is 0 Å². The van der Waals surface area contributed by atoms with Crippen molar-refractivity contribution in [2.75, 3.05) is 13.6 Å². The summed E-state index contributed by atoms with van der Waals surface area (Å²) in [4.78, 5) is 1.70. The molecule has 2 heteroatoms. The minimum atomic E-state index is 0.398. The Bertz CT molecular complexity index is 675. The Kier molecular flexibility index (Phi) is 4.25. The SMILES string of the molecule is CN(C#N)CCCC1c2ccccc2C=Cc2ccccc21. The normalized spacial score (nSPS) is 12.9. The Balaban J connectivity index is 1.93. The second kappa shape index (κ2) is 6.49. The molecular formula is C20H20N2. The van der Waals surface area contributed by atoms with Crippen LogP contribution in [0, 0.1) is 11.5 Å². The van der Waals surface area contributed by atoms with Gasteiger partial charge >= 0.3 is 0 Å². The van der Waals surface area contributed by atoms with Crippen LogP contribution in [0.3, 0.4) is 0 Å². The lowest BCUT2D eigenvalue weighted by atomic mass is 9.84. The van der Waals surface area contributed by atoms with Gasteiger partial charge in [0, 0.05) is 19.5 Å². The Labute approximate surface area is 132 Å². The van der Waals surface area contributed by atoms with Crippen molar-refractivity contribution < 1.29 is 0 Å². The number of fused-ring (bicyclic) bond motifs is 2. The van der Waals surface area contributed by atoms with E-state index in [0.29, 0.717) is 5.92 Å². The Morgan fingerprint density at radius 2 is 1.50 bits per heavy atom. The second-order valence-corrected chi connectivity index (χ2v) is 5.81. The summed E-state index contributed by atoms with van der Waals surface area (Å²) >= 11 is 0. The molecule has 0 fully saturated rings. The van der Waals surface area contributed by atoms with E-state index in [1.165, 1.54) is 22.3 Å². The summed E-state index contributed by atoms with van der Waals surface area (Å²) in [6, 6.07) is 17.3. The average molecular weight is 288 g/mol. The molecule has 1 aliphatic rings. The molecule has 0 aliphatic heterocycles. The first-order valence-electron chi connectivity index (χ1n) is 7.76. The summed E-state index contributed by atoms with van der Waals surface area (Å²) in [5, 5.41) is 8.90. The molecule has 0 saturated carbocycles. The third kappa shape index (κ3) is 2.89. The van der Waals surface area contributed by atoms with E-state index < -0.39 is 0 Å². The first kappa shape index (κ1) is 14.4. The van der Waals surface area contributed by atoms with Crippen LogP contribution in [0.5, 0.6) is 0 Å². The molecule has 0 atom stereocenters. The van der Waals surface area contributed by atoms with Gasteiger partial charge in [-0.05, 0) is 35.1 Å². The lowest BCUT2D eigenvalue weighted by Crippen LogP contribution is -2.14. The quantitative estimate of drug-likeness (QED) is 0.612. The van der Waals surface area contributed by atoms with Crippen LogP contribution in [0.4, 0.5) is 0 Å². The second-order valence-electron chi connectivity index (χ2n) is 5.81. The van der Waals surface area contributed by atoms with Gasteiger partial charge in [-0.1, -0.05) is 60.7 Å². The maximum atomic E-state index is 8.90. The van der Waals surface area contributed by atoms with Crippen LogP contribution in [0.25, 0.3) is 12.2 Å². The monoisotopic (exact) mass is 288 g/mol. The van der Waals surface area contributed by atoms with E-state index in [-0.39, 0.29) is 0 Å². The van der Waals surface area contributed by atoms with E-state index >= 15 is 0 Å². The van der Waals surface area contributed by atoms with Crippen LogP contribution in [0.15, 0.2) is 48.5 Å². The van der Waals surface area contributed by atoms with Crippen molar-refractivity contribution >= 4 is 12.2 Å². The zero-order valence-electron chi connectivity index (χ0n) is 12.9. The molecule has 0 N–H and O–H groups in total. The molecule has 0 radical (unpaired) electrons. The minimum absolute atomic E-state index is 0.398. The topological polar surface area (TPSA) is 27.0 Å². The number of nitrogens with zero attached hydrogens (tertiary/aromatic N) is 2. The number of benzene rings is 2. The summed E-state index contributed by atoms with van der Waals surface area (Å²) < 4.78 is 0. The van der Waals surface area contributed by atoms with Crippen LogP contribution in [-0.2, 0) is 0 Å². The smallest absolute Gasteiger partial charge is 0.179 e. The zero-order chi connectivity index (χ0) is 15.4. The number of hydrogen-bond donors (Lipinski definition) is 0. The Morgan fingerprint density at radius 1 is 0.955 bits per heavy atom. The van der Waals surface area contributed by atoms with Crippen molar-refractivity contribution in [2.45, 2.75) is 18.8 Å². The van der Waals surface area contributed by atoms with E-state index in [1.54, 1.807) is 4.90 Å². The maximum Gasteiger partial charge on any atom is 0.179 e. The molecule has 0 bridgehead atoms. The van der Waals surface area contributed by atoms with E-state index in [1.807, 2.05) is 7.05 Å². The highest BCUT2D eigenvalue weighted by Crippen LogP contribution is 2.37. The first-order valence-corrected chi connectivity index (χ1v) is 7.76. The third-order valence-electron chi connectivity index (χ3n) is 4.34. The molecule has 110 valence electrons. The lowest BCUT2D eigenvalue weighted by molar-refractivity contribution is 0.444. The molecule has 3 rings (SSSR count). The molecular weight excluding hydrogens is 268 g/mol. The van der Waals surface area contributed by atoms with E-state index in [2.05, 4.69) is 66.9 Å². The van der Waals surface area contributed by atoms with Crippen molar-refractivity contribution in [3.8, 4) is 6.19 Å². The summed E-state index contributed by atoms with van der Waals surface area (Å²) in [6.45, 7) is 0.810. The maximum absolute atomic E-state index is 8.90. The van der Waals surface area contributed by atoms with Crippen molar-refractivity contribution in [2.24, 2.45) is 0 Å². The van der Waals surface area contributed by atoms with Gasteiger partial charge in [0.05, 0.1) is 0 Å². The summed E-state index contributed by atoms with van der Waals surface area (Å²) in [6.07, 6.45) is 8.68. The fraction of sp³-hybridized carbons (Fsp3) is 0.250. The minimum Gasteiger partial charge on any atom is -0.314 e. The molecule has 22 heavy (non-hydrogen) atoms. The van der Waals surface area contributed by atoms with Crippen LogP contribution in [0.1, 0.15) is 41.0 Å². The molecule has 2 nitrogen and oxygen atoms in total. The predicted molar refractivity (Wildman–Crippen MR) is 91.1 cm³/mol. The average Bonchev–Trinajstić information content (AvgIpc) is 2.72. The van der Waals surface area contributed by atoms with Crippen LogP contribution in [0.2, 0.25) is 0 Å². The van der Waals surface area contributed by atoms with Crippen molar-refractivity contribution in [1.29, 1.82) is 5.26 Å². The van der Waals surface area contributed by atoms with Gasteiger partial charge in [0.1, 0.15) is 0 Å². The third-order valence-corrected chi connectivity index (χ3v) is 4.34. The molecule has 0 spiro atoms. The fourth-order valence-corrected chi connectivity index (χ4v) is 3.20. The van der Waals surface area contributed by atoms with Gasteiger partial charge in [-0.2, -0.15) is 5.26 Å². The summed E-state index contributed by atoms with van der Waals surface area (Å²) in [5.41, 5.74) is 5.39. The number of hydrogen-bond acceptors (Lipinski definition) is 2. The van der Waals surface area contributed by atoms with E-state index in [0.717, 1.165) is 19.4 Å². The Hall–Kier alpha value is -2.53. The molecule has 0 aromatic heterocycles. The van der Waals surface area contributed by atoms with Gasteiger partial charge in [0.15, 0.2) is 6.19 Å². The van der Waals surface area contributed by atoms with Crippen molar-refractivity contribution in [3.05, 3.63) is 70.8 Å². The molecule has 1 aliphatic carbocycles. The zero-order valence-corrected chi connectivity index (χ0v) is 12.9. The van der Waals surface area contributed by atoms with Crippen molar-refractivity contribution in [3.63, 3.8) is 0 Å². The molecule has 0 unspecified atom stereocenters. The van der Waals surface area contributed by atoms with Crippen LogP contribution >= 0.6 is 0 Å². The standard InChI is InChI=1S/C20H20N2/c1-22(15-21)14-6-11-20-18-9-4-2-7-16(18)12-13-17-8-3-5-10-19(17)20/h2-5,7-10,12-13,20H,6,11,14H2,1H3. The van der Waals surface area contributed by atoms with Crippen LogP contribution in [-0.4, -0.2) is 18.5 Å². The van der Waals surface area contributed by atoms with Gasteiger partial charge in [0.2, 0.25) is 0 Å². The van der Waals surface area contributed by atoms with Gasteiger partial charge < -0.3 is 4.90 Å². The fourth-order valence-electron chi connectivity index (χ4n) is 3.20. The molecule has 0 saturated heterocycles. The van der Waals surface area contributed by atoms with Crippen molar-refractivity contribution in [1.82, 2.24) is 4.90 Å². The lowest BCUT2D eigenvalue weighted by Gasteiger charge is -2.21. The van der Waals surface area contributed by atoms with Gasteiger partial charge in [0.25, 0.3) is 0 Å². The van der Waals surface area contributed by atoms with E-state index in [4.69, 9.17) is 5.26 Å². The number of nitriles is 1. The van der Waals surface area contributed by atoms with E-state index in [9.17, 15) is 0 Å². The highest BCUT2D eigenvalue weighted by Gasteiger charge is 2.20. The molecule has 2 aromatic rings. The van der Waals surface area contributed by atoms with Gasteiger partial charge in [-0.15, -0.1) is 0 Å². The first-order chi connectivity index (χ1) is 10.8. The highest BCUT2D eigenvalue weighted by atomic mass is 15.1. The Morgan fingerprint density at radius 3 is 2.05 bits per heavy atom. The predicted octanol–water partition coefficient (Wildman–Crippen LogP) is 4.50. The number of rotatable bonds is 4.